The summed E-state index contributed by atoms with van der Waals surface area (Å²) in [5.41, 5.74) is 1.08. The molecule has 28 heavy (non-hydrogen) atoms. The summed E-state index contributed by atoms with van der Waals surface area (Å²) in [4.78, 5) is 13.2. The van der Waals surface area contributed by atoms with Crippen molar-refractivity contribution in [3.8, 4) is 22.3 Å². The Hall–Kier alpha value is -2.71. The van der Waals surface area contributed by atoms with Gasteiger partial charge in [0.1, 0.15) is 36.9 Å². The van der Waals surface area contributed by atoms with Crippen LogP contribution in [-0.2, 0) is 11.3 Å². The first-order valence-corrected chi connectivity index (χ1v) is 10.6. The van der Waals surface area contributed by atoms with Crippen molar-refractivity contribution in [3.63, 3.8) is 0 Å². The molecule has 1 N–H and O–H groups in total. The molecule has 5 heterocycles. The van der Waals surface area contributed by atoms with E-state index in [2.05, 4.69) is 33.1 Å². The average molecular weight is 411 g/mol. The monoisotopic (exact) mass is 410 g/mol. The second-order valence-corrected chi connectivity index (χ2v) is 8.25. The quantitative estimate of drug-likeness (QED) is 0.545. The van der Waals surface area contributed by atoms with E-state index >= 15 is 0 Å². The van der Waals surface area contributed by atoms with E-state index in [0.717, 1.165) is 59.3 Å². The number of fused-ring (bicyclic) bond motifs is 1. The third kappa shape index (κ3) is 3.08. The third-order valence-corrected chi connectivity index (χ3v) is 6.51. The molecule has 0 amide bonds. The van der Waals surface area contributed by atoms with E-state index in [9.17, 15) is 5.26 Å². The number of nitrogens with one attached hydrogen (secondary N) is 1. The molecule has 5 rings (SSSR count). The Morgan fingerprint density at radius 3 is 2.93 bits per heavy atom. The predicted molar refractivity (Wildman–Crippen MR) is 106 cm³/mol. The van der Waals surface area contributed by atoms with E-state index in [0.29, 0.717) is 5.82 Å². The van der Waals surface area contributed by atoms with Gasteiger partial charge in [-0.1, -0.05) is 6.07 Å². The van der Waals surface area contributed by atoms with Crippen LogP contribution in [0.25, 0.3) is 26.5 Å². The van der Waals surface area contributed by atoms with E-state index in [1.807, 2.05) is 6.07 Å². The Morgan fingerprint density at radius 1 is 1.25 bits per heavy atom. The van der Waals surface area contributed by atoms with Gasteiger partial charge < -0.3 is 9.64 Å². The minimum absolute atomic E-state index is 0.216. The maximum atomic E-state index is 9.44. The van der Waals surface area contributed by atoms with Crippen molar-refractivity contribution in [1.82, 2.24) is 24.7 Å². The second-order valence-electron chi connectivity index (χ2n) is 6.45. The van der Waals surface area contributed by atoms with Crippen LogP contribution in [0, 0.1) is 11.3 Å². The van der Waals surface area contributed by atoms with Crippen LogP contribution in [0.2, 0.25) is 0 Å². The lowest BCUT2D eigenvalue weighted by molar-refractivity contribution is -0.922. The number of thiophene rings is 2. The summed E-state index contributed by atoms with van der Waals surface area (Å²) in [6.45, 7) is 4.13. The van der Waals surface area contributed by atoms with Gasteiger partial charge in [0.2, 0.25) is 5.82 Å². The minimum Gasteiger partial charge on any atom is -0.370 e. The Balaban J connectivity index is 1.68. The van der Waals surface area contributed by atoms with Crippen LogP contribution in [0.4, 0.5) is 0 Å². The van der Waals surface area contributed by atoms with Crippen molar-refractivity contribution in [3.05, 3.63) is 40.9 Å². The highest BCUT2D eigenvalue weighted by atomic mass is 32.1. The molecule has 8 nitrogen and oxygen atoms in total. The Labute approximate surface area is 168 Å². The lowest BCUT2D eigenvalue weighted by Gasteiger charge is -2.23. The molecule has 1 saturated heterocycles. The summed E-state index contributed by atoms with van der Waals surface area (Å²) < 4.78 is 7.11. The van der Waals surface area contributed by atoms with Gasteiger partial charge in [-0.2, -0.15) is 5.26 Å². The Bertz CT molecular complexity index is 1150. The molecule has 0 saturated carbocycles. The molecule has 1 aliphatic rings. The standard InChI is InChI=1S/C18H15N7OS2/c19-8-15-23-20-11-25(15)17-16-12(13-2-1-7-27-13)10-28-18(16)22-14(21-17)9-24-3-5-26-6-4-24/h1-2,7,10-11H,3-6,9H2/p+1. The van der Waals surface area contributed by atoms with Crippen LogP contribution in [0.15, 0.2) is 29.2 Å². The molecule has 1 fully saturated rings. The number of ether oxygens (including phenoxy) is 1. The van der Waals surface area contributed by atoms with E-state index in [4.69, 9.17) is 14.7 Å². The molecule has 4 aromatic rings. The molecule has 0 aromatic carbocycles. The predicted octanol–water partition coefficient (Wildman–Crippen LogP) is 1.29. The summed E-state index contributed by atoms with van der Waals surface area (Å²) in [6, 6.07) is 6.21. The third-order valence-electron chi connectivity index (χ3n) is 4.73. The first kappa shape index (κ1) is 17.4. The van der Waals surface area contributed by atoms with Gasteiger partial charge in [-0.25, -0.2) is 9.97 Å². The first-order valence-electron chi connectivity index (χ1n) is 8.87. The van der Waals surface area contributed by atoms with E-state index in [1.54, 1.807) is 33.6 Å². The van der Waals surface area contributed by atoms with Crippen molar-refractivity contribution in [2.24, 2.45) is 0 Å². The van der Waals surface area contributed by atoms with Gasteiger partial charge in [0.25, 0.3) is 0 Å². The molecule has 0 radical (unpaired) electrons. The Morgan fingerprint density at radius 2 is 2.14 bits per heavy atom. The molecule has 0 unspecified atom stereocenters. The normalized spacial score (nSPS) is 15.1. The van der Waals surface area contributed by atoms with Crippen LogP contribution in [0.1, 0.15) is 11.6 Å². The summed E-state index contributed by atoms with van der Waals surface area (Å²) in [5.74, 6) is 1.64. The van der Waals surface area contributed by atoms with Crippen LogP contribution >= 0.6 is 22.7 Å². The molecule has 0 spiro atoms. The smallest absolute Gasteiger partial charge is 0.240 e. The van der Waals surface area contributed by atoms with Crippen molar-refractivity contribution < 1.29 is 9.64 Å². The zero-order valence-electron chi connectivity index (χ0n) is 14.8. The number of hydrogen-bond donors (Lipinski definition) is 1. The number of nitriles is 1. The molecule has 4 aromatic heterocycles. The minimum atomic E-state index is 0.216. The van der Waals surface area contributed by atoms with Gasteiger partial charge in [-0.05, 0) is 11.4 Å². The second kappa shape index (κ2) is 7.37. The van der Waals surface area contributed by atoms with Gasteiger partial charge in [0, 0.05) is 15.8 Å². The number of hydrogen-bond acceptors (Lipinski definition) is 8. The lowest BCUT2D eigenvalue weighted by Crippen LogP contribution is -3.12. The van der Waals surface area contributed by atoms with Crippen molar-refractivity contribution in [2.45, 2.75) is 6.54 Å². The lowest BCUT2D eigenvalue weighted by atomic mass is 10.2. The fourth-order valence-electron chi connectivity index (χ4n) is 3.36. The summed E-state index contributed by atoms with van der Waals surface area (Å²) in [6.07, 6.45) is 1.54. The maximum absolute atomic E-state index is 9.44. The van der Waals surface area contributed by atoms with E-state index < -0.39 is 0 Å². The van der Waals surface area contributed by atoms with Gasteiger partial charge >= 0.3 is 0 Å². The van der Waals surface area contributed by atoms with Crippen molar-refractivity contribution in [1.29, 1.82) is 5.26 Å². The van der Waals surface area contributed by atoms with E-state index in [1.165, 1.54) is 4.90 Å². The molecule has 1 aliphatic heterocycles. The van der Waals surface area contributed by atoms with Gasteiger partial charge in [0.05, 0.1) is 18.6 Å². The fourth-order valence-corrected chi connectivity index (χ4v) is 5.13. The largest absolute Gasteiger partial charge is 0.370 e. The number of nitrogens with zero attached hydrogens (tertiary/aromatic N) is 6. The van der Waals surface area contributed by atoms with Crippen LogP contribution in [0.3, 0.4) is 0 Å². The van der Waals surface area contributed by atoms with Gasteiger partial charge in [-0.15, -0.1) is 32.9 Å². The summed E-state index contributed by atoms with van der Waals surface area (Å²) >= 11 is 3.27. The SMILES string of the molecule is N#Cc1nncn1-c1nc(C[NH+]2CCOCC2)nc2scc(-c3cccs3)c12. The van der Waals surface area contributed by atoms with Crippen LogP contribution < -0.4 is 4.90 Å². The van der Waals surface area contributed by atoms with Crippen molar-refractivity contribution in [2.75, 3.05) is 26.3 Å². The molecular weight excluding hydrogens is 394 g/mol. The highest BCUT2D eigenvalue weighted by molar-refractivity contribution is 7.18. The highest BCUT2D eigenvalue weighted by Gasteiger charge is 2.22. The first-order chi connectivity index (χ1) is 13.8. The number of quaternary nitrogens is 1. The summed E-state index contributed by atoms with van der Waals surface area (Å²) in [5, 5.41) is 22.4. The highest BCUT2D eigenvalue weighted by Crippen LogP contribution is 2.38. The molecule has 0 atom stereocenters. The number of aromatic nitrogens is 5. The molecule has 0 aliphatic carbocycles. The van der Waals surface area contributed by atoms with Gasteiger partial charge in [-0.3, -0.25) is 4.57 Å². The van der Waals surface area contributed by atoms with Crippen LogP contribution in [-0.4, -0.2) is 51.0 Å². The van der Waals surface area contributed by atoms with Crippen molar-refractivity contribution >= 4 is 32.9 Å². The zero-order valence-corrected chi connectivity index (χ0v) is 16.5. The molecule has 10 heteroatoms. The average Bonchev–Trinajstić information content (AvgIpc) is 3.47. The fraction of sp³-hybridized carbons (Fsp3) is 0.278. The topological polar surface area (TPSA) is 94.0 Å². The van der Waals surface area contributed by atoms with Crippen LogP contribution in [0.5, 0.6) is 0 Å². The molecule has 0 bridgehead atoms. The zero-order chi connectivity index (χ0) is 18.9. The maximum Gasteiger partial charge on any atom is 0.240 e. The summed E-state index contributed by atoms with van der Waals surface area (Å²) in [7, 11) is 0. The molecule has 140 valence electrons. The van der Waals surface area contributed by atoms with E-state index in [-0.39, 0.29) is 5.82 Å². The number of morpholine rings is 1. The Kier molecular flexibility index (Phi) is 4.58. The van der Waals surface area contributed by atoms with Gasteiger partial charge in [0.15, 0.2) is 11.6 Å². The molecular formula is C18H16N7OS2+. The number of rotatable bonds is 4.